The average Bonchev–Trinajstić information content (AvgIpc) is 2.33. The van der Waals surface area contributed by atoms with Crippen LogP contribution in [0.4, 0.5) is 11.4 Å². The molecule has 3 N–H and O–H groups in total. The Balaban J connectivity index is 1.93. The first kappa shape index (κ1) is 11.0. The Labute approximate surface area is 94.8 Å². The van der Waals surface area contributed by atoms with Crippen molar-refractivity contribution in [2.24, 2.45) is 5.92 Å². The molecule has 1 aliphatic heterocycles. The first-order valence-electron chi connectivity index (χ1n) is 5.50. The van der Waals surface area contributed by atoms with Crippen molar-refractivity contribution in [3.8, 4) is 0 Å². The number of ether oxygens (including phenoxy) is 1. The normalized spacial score (nSPS) is 17.0. The topological polar surface area (TPSA) is 64.3 Å². The molecule has 1 amide bonds. The molecule has 0 saturated carbocycles. The molecule has 1 aromatic carbocycles. The van der Waals surface area contributed by atoms with E-state index in [1.54, 1.807) is 12.1 Å². The minimum atomic E-state index is 0.0753. The van der Waals surface area contributed by atoms with Gasteiger partial charge in [0.25, 0.3) is 0 Å². The van der Waals surface area contributed by atoms with E-state index in [2.05, 4.69) is 5.32 Å². The Morgan fingerprint density at radius 3 is 2.50 bits per heavy atom. The van der Waals surface area contributed by atoms with Crippen molar-refractivity contribution in [1.82, 2.24) is 0 Å². The van der Waals surface area contributed by atoms with Crippen molar-refractivity contribution in [1.29, 1.82) is 0 Å². The number of amides is 1. The van der Waals surface area contributed by atoms with Crippen LogP contribution in [-0.2, 0) is 9.53 Å². The first-order chi connectivity index (χ1) is 7.75. The Hall–Kier alpha value is -1.55. The zero-order valence-electron chi connectivity index (χ0n) is 9.11. The van der Waals surface area contributed by atoms with Gasteiger partial charge in [0.2, 0.25) is 5.91 Å². The predicted octanol–water partition coefficient (Wildman–Crippen LogP) is 1.63. The third kappa shape index (κ3) is 2.73. The van der Waals surface area contributed by atoms with E-state index in [1.165, 1.54) is 0 Å². The molecule has 0 aliphatic carbocycles. The van der Waals surface area contributed by atoms with Crippen molar-refractivity contribution in [2.45, 2.75) is 12.8 Å². The van der Waals surface area contributed by atoms with Crippen LogP contribution >= 0.6 is 0 Å². The molecule has 1 heterocycles. The van der Waals surface area contributed by atoms with E-state index >= 15 is 0 Å². The maximum Gasteiger partial charge on any atom is 0.227 e. The summed E-state index contributed by atoms with van der Waals surface area (Å²) in [6.45, 7) is 1.36. The van der Waals surface area contributed by atoms with Crippen LogP contribution in [0.2, 0.25) is 0 Å². The Morgan fingerprint density at radius 2 is 1.88 bits per heavy atom. The molecule has 0 bridgehead atoms. The Bertz CT molecular complexity index is 356. The number of nitrogen functional groups attached to an aromatic ring is 1. The fourth-order valence-corrected chi connectivity index (χ4v) is 1.77. The number of nitrogens with two attached hydrogens (primary N) is 1. The van der Waals surface area contributed by atoms with Crippen molar-refractivity contribution in [3.05, 3.63) is 24.3 Å². The Kier molecular flexibility index (Phi) is 3.41. The molecule has 1 aromatic rings. The summed E-state index contributed by atoms with van der Waals surface area (Å²) < 4.78 is 5.22. The number of hydrogen-bond acceptors (Lipinski definition) is 3. The monoisotopic (exact) mass is 220 g/mol. The molecule has 16 heavy (non-hydrogen) atoms. The summed E-state index contributed by atoms with van der Waals surface area (Å²) in [5.41, 5.74) is 7.07. The molecule has 0 unspecified atom stereocenters. The van der Waals surface area contributed by atoms with Crippen LogP contribution < -0.4 is 11.1 Å². The molecule has 1 aliphatic rings. The molecule has 0 atom stereocenters. The van der Waals surface area contributed by atoms with Gasteiger partial charge in [0, 0.05) is 30.5 Å². The van der Waals surface area contributed by atoms with Crippen molar-refractivity contribution >= 4 is 17.3 Å². The molecule has 0 spiro atoms. The van der Waals surface area contributed by atoms with Crippen LogP contribution in [-0.4, -0.2) is 19.1 Å². The number of carbonyl (C=O) groups excluding carboxylic acids is 1. The highest BCUT2D eigenvalue weighted by molar-refractivity contribution is 5.92. The maximum absolute atomic E-state index is 11.9. The summed E-state index contributed by atoms with van der Waals surface area (Å²) in [4.78, 5) is 11.9. The van der Waals surface area contributed by atoms with E-state index in [9.17, 15) is 4.79 Å². The van der Waals surface area contributed by atoms with Crippen LogP contribution in [0.1, 0.15) is 12.8 Å². The van der Waals surface area contributed by atoms with E-state index in [-0.39, 0.29) is 11.8 Å². The standard InChI is InChI=1S/C12H16N2O2/c13-10-1-3-11(4-2-10)14-12(15)9-5-7-16-8-6-9/h1-4,9H,5-8,13H2,(H,14,15). The van der Waals surface area contributed by atoms with Crippen LogP contribution in [0.15, 0.2) is 24.3 Å². The highest BCUT2D eigenvalue weighted by Gasteiger charge is 2.21. The SMILES string of the molecule is Nc1ccc(NC(=O)C2CCOCC2)cc1. The number of rotatable bonds is 2. The van der Waals surface area contributed by atoms with Gasteiger partial charge in [0.15, 0.2) is 0 Å². The number of anilines is 2. The van der Waals surface area contributed by atoms with Crippen molar-refractivity contribution in [2.75, 3.05) is 24.3 Å². The summed E-state index contributed by atoms with van der Waals surface area (Å²) in [5.74, 6) is 0.152. The van der Waals surface area contributed by atoms with Gasteiger partial charge in [-0.3, -0.25) is 4.79 Å². The lowest BCUT2D eigenvalue weighted by Gasteiger charge is -2.21. The molecule has 0 radical (unpaired) electrons. The highest BCUT2D eigenvalue weighted by Crippen LogP contribution is 2.18. The predicted molar refractivity (Wildman–Crippen MR) is 63.0 cm³/mol. The first-order valence-corrected chi connectivity index (χ1v) is 5.50. The number of hydrogen-bond donors (Lipinski definition) is 2. The van der Waals surface area contributed by atoms with Gasteiger partial charge in [-0.05, 0) is 37.1 Å². The largest absolute Gasteiger partial charge is 0.399 e. The smallest absolute Gasteiger partial charge is 0.227 e. The van der Waals surface area contributed by atoms with Gasteiger partial charge in [-0.2, -0.15) is 0 Å². The summed E-state index contributed by atoms with van der Waals surface area (Å²) in [5, 5.41) is 2.89. The quantitative estimate of drug-likeness (QED) is 0.744. The van der Waals surface area contributed by atoms with Crippen molar-refractivity contribution in [3.63, 3.8) is 0 Å². The van der Waals surface area contributed by atoms with Crippen molar-refractivity contribution < 1.29 is 9.53 Å². The zero-order chi connectivity index (χ0) is 11.4. The molecule has 2 rings (SSSR count). The van der Waals surface area contributed by atoms with Gasteiger partial charge in [0.05, 0.1) is 0 Å². The summed E-state index contributed by atoms with van der Waals surface area (Å²) >= 11 is 0. The fourth-order valence-electron chi connectivity index (χ4n) is 1.77. The second kappa shape index (κ2) is 4.99. The van der Waals surface area contributed by atoms with Gasteiger partial charge in [-0.25, -0.2) is 0 Å². The average molecular weight is 220 g/mol. The minimum Gasteiger partial charge on any atom is -0.399 e. The Morgan fingerprint density at radius 1 is 1.25 bits per heavy atom. The third-order valence-corrected chi connectivity index (χ3v) is 2.77. The summed E-state index contributed by atoms with van der Waals surface area (Å²) in [7, 11) is 0. The number of nitrogens with one attached hydrogen (secondary N) is 1. The van der Waals surface area contributed by atoms with Gasteiger partial charge in [-0.1, -0.05) is 0 Å². The fraction of sp³-hybridized carbons (Fsp3) is 0.417. The molecule has 4 nitrogen and oxygen atoms in total. The lowest BCUT2D eigenvalue weighted by atomic mass is 9.99. The number of carbonyl (C=O) groups is 1. The van der Waals surface area contributed by atoms with Gasteiger partial charge in [0.1, 0.15) is 0 Å². The second-order valence-corrected chi connectivity index (χ2v) is 4.00. The van der Waals surface area contributed by atoms with Crippen LogP contribution in [0.25, 0.3) is 0 Å². The molecular formula is C12H16N2O2. The van der Waals surface area contributed by atoms with E-state index in [0.717, 1.165) is 18.5 Å². The lowest BCUT2D eigenvalue weighted by molar-refractivity contribution is -0.122. The lowest BCUT2D eigenvalue weighted by Crippen LogP contribution is -2.28. The van der Waals surface area contributed by atoms with Gasteiger partial charge >= 0.3 is 0 Å². The van der Waals surface area contributed by atoms with Crippen LogP contribution in [0.3, 0.4) is 0 Å². The maximum atomic E-state index is 11.9. The third-order valence-electron chi connectivity index (χ3n) is 2.77. The van der Waals surface area contributed by atoms with Gasteiger partial charge < -0.3 is 15.8 Å². The van der Waals surface area contributed by atoms with E-state index in [0.29, 0.717) is 18.9 Å². The van der Waals surface area contributed by atoms with Gasteiger partial charge in [-0.15, -0.1) is 0 Å². The highest BCUT2D eigenvalue weighted by atomic mass is 16.5. The minimum absolute atomic E-state index is 0.0753. The van der Waals surface area contributed by atoms with Crippen LogP contribution in [0.5, 0.6) is 0 Å². The van der Waals surface area contributed by atoms with E-state index < -0.39 is 0 Å². The molecule has 1 saturated heterocycles. The van der Waals surface area contributed by atoms with Crippen LogP contribution in [0, 0.1) is 5.92 Å². The number of benzene rings is 1. The molecule has 1 fully saturated rings. The molecule has 4 heteroatoms. The zero-order valence-corrected chi connectivity index (χ0v) is 9.11. The molecule has 0 aromatic heterocycles. The van der Waals surface area contributed by atoms with E-state index in [1.807, 2.05) is 12.1 Å². The molecular weight excluding hydrogens is 204 g/mol. The summed E-state index contributed by atoms with van der Waals surface area (Å²) in [6, 6.07) is 7.18. The van der Waals surface area contributed by atoms with E-state index in [4.69, 9.17) is 10.5 Å². The summed E-state index contributed by atoms with van der Waals surface area (Å²) in [6.07, 6.45) is 1.61. The molecule has 86 valence electrons. The second-order valence-electron chi connectivity index (χ2n) is 4.00.